The van der Waals surface area contributed by atoms with E-state index in [0.29, 0.717) is 39.4 Å². The molecule has 4 aromatic rings. The minimum Gasteiger partial charge on any atom is -0.382 e. The first-order valence-electron chi connectivity index (χ1n) is 12.6. The predicted molar refractivity (Wildman–Crippen MR) is 147 cm³/mol. The summed E-state index contributed by atoms with van der Waals surface area (Å²) < 4.78 is 0. The average Bonchev–Trinajstić information content (AvgIpc) is 3.46. The number of rotatable bonds is 6. The van der Waals surface area contributed by atoms with E-state index in [-0.39, 0.29) is 6.04 Å². The highest BCUT2D eigenvalue weighted by molar-refractivity contribution is 7.99. The van der Waals surface area contributed by atoms with E-state index in [1.165, 1.54) is 11.8 Å². The van der Waals surface area contributed by atoms with Crippen molar-refractivity contribution >= 4 is 57.1 Å². The fourth-order valence-corrected chi connectivity index (χ4v) is 6.05. The smallest absolute Gasteiger partial charge is 0.196 e. The highest BCUT2D eigenvalue weighted by atomic mass is 35.5. The lowest BCUT2D eigenvalue weighted by molar-refractivity contribution is 0.228. The summed E-state index contributed by atoms with van der Waals surface area (Å²) in [5, 5.41) is 5.50. The molecule has 6 N–H and O–H groups in total. The van der Waals surface area contributed by atoms with Crippen molar-refractivity contribution < 1.29 is 0 Å². The van der Waals surface area contributed by atoms with Crippen LogP contribution in [-0.2, 0) is 13.0 Å². The highest BCUT2D eigenvalue weighted by Crippen LogP contribution is 2.37. The second kappa shape index (κ2) is 10.2. The number of aromatic amines is 1. The number of nitrogen functional groups attached to an aromatic ring is 1. The molecule has 2 aliphatic rings. The topological polar surface area (TPSA) is 151 Å². The molecule has 4 aromatic heterocycles. The Morgan fingerprint density at radius 1 is 1.16 bits per heavy atom. The van der Waals surface area contributed by atoms with Crippen molar-refractivity contribution in [3.05, 3.63) is 28.8 Å². The van der Waals surface area contributed by atoms with Gasteiger partial charge in [0.15, 0.2) is 11.0 Å². The van der Waals surface area contributed by atoms with Crippen LogP contribution >= 0.6 is 23.4 Å². The molecule has 1 atom stereocenters. The zero-order valence-corrected chi connectivity index (χ0v) is 22.2. The van der Waals surface area contributed by atoms with Gasteiger partial charge >= 0.3 is 0 Å². The minimum absolute atomic E-state index is 0.120. The van der Waals surface area contributed by atoms with Gasteiger partial charge in [0.2, 0.25) is 0 Å². The molecule has 37 heavy (non-hydrogen) atoms. The number of nitrogens with one attached hydrogen (secondary N) is 2. The van der Waals surface area contributed by atoms with Gasteiger partial charge in [-0.05, 0) is 30.7 Å². The summed E-state index contributed by atoms with van der Waals surface area (Å²) in [6.45, 7) is 8.15. The average molecular weight is 540 g/mol. The maximum atomic E-state index is 6.74. The predicted octanol–water partition coefficient (Wildman–Crippen LogP) is 2.19. The van der Waals surface area contributed by atoms with Crippen LogP contribution in [-0.4, -0.2) is 80.1 Å². The van der Waals surface area contributed by atoms with E-state index in [9.17, 15) is 0 Å². The van der Waals surface area contributed by atoms with Gasteiger partial charge in [-0.25, -0.2) is 24.9 Å². The van der Waals surface area contributed by atoms with Gasteiger partial charge in [-0.2, -0.15) is 0 Å². The third-order valence-corrected chi connectivity index (χ3v) is 8.11. The number of nitrogens with zero attached hydrogens (tertiary/aromatic N) is 7. The number of piperazine rings is 1. The first-order valence-corrected chi connectivity index (χ1v) is 13.8. The third kappa shape index (κ3) is 4.91. The van der Waals surface area contributed by atoms with Crippen LogP contribution in [0.3, 0.4) is 0 Å². The van der Waals surface area contributed by atoms with Crippen LogP contribution in [0.2, 0.25) is 5.02 Å². The van der Waals surface area contributed by atoms with Crippen molar-refractivity contribution in [2.45, 2.75) is 42.4 Å². The molecule has 1 unspecified atom stereocenters. The van der Waals surface area contributed by atoms with Crippen LogP contribution in [0, 0.1) is 0 Å². The second-order valence-corrected chi connectivity index (χ2v) is 10.9. The molecule has 0 bridgehead atoms. The Labute approximate surface area is 223 Å². The Kier molecular flexibility index (Phi) is 6.76. The summed E-state index contributed by atoms with van der Waals surface area (Å²) in [4.78, 5) is 32.4. The van der Waals surface area contributed by atoms with Gasteiger partial charge in [-0.3, -0.25) is 4.90 Å². The number of anilines is 2. The summed E-state index contributed by atoms with van der Waals surface area (Å²) in [5.74, 6) is 1.92. The van der Waals surface area contributed by atoms with Crippen LogP contribution in [0.1, 0.15) is 24.9 Å². The van der Waals surface area contributed by atoms with Crippen molar-refractivity contribution in [1.29, 1.82) is 0 Å². The van der Waals surface area contributed by atoms with Crippen LogP contribution in [0.15, 0.2) is 22.3 Å². The standard InChI is InChI=1S/C24H30ClN11S/c1-2-15-19(25)18-22(31-15)33-24(34-23(18)36-6-3-13(26)11-36)37-14-9-16-20(29-10-14)21(27)32-17(30-16)12-35-7-4-28-5-8-35/h9-10,13,28H,2-8,11-12,26H2,1H3,(H2,27,30,32)(H,31,33,34). The number of halogens is 1. The SMILES string of the molecule is CCc1[nH]c2nc(Sc3cnc4c(N)nc(CN5CCNCC5)nc4c3)nc(N3CCC(N)C3)c2c1Cl. The third-order valence-electron chi connectivity index (χ3n) is 6.87. The van der Waals surface area contributed by atoms with Gasteiger partial charge in [0.05, 0.1) is 22.5 Å². The quantitative estimate of drug-likeness (QED) is 0.267. The zero-order valence-electron chi connectivity index (χ0n) is 20.7. The maximum absolute atomic E-state index is 6.74. The van der Waals surface area contributed by atoms with Gasteiger partial charge in [0, 0.05) is 62.1 Å². The molecule has 0 aliphatic carbocycles. The number of pyridine rings is 1. The molecule has 0 amide bonds. The Hall–Kier alpha value is -2.77. The Morgan fingerprint density at radius 2 is 2.00 bits per heavy atom. The lowest BCUT2D eigenvalue weighted by Crippen LogP contribution is -2.43. The van der Waals surface area contributed by atoms with Gasteiger partial charge in [0.1, 0.15) is 22.8 Å². The Morgan fingerprint density at radius 3 is 2.76 bits per heavy atom. The Bertz CT molecular complexity index is 1450. The fraction of sp³-hybridized carbons (Fsp3) is 0.458. The van der Waals surface area contributed by atoms with Gasteiger partial charge < -0.3 is 26.7 Å². The summed E-state index contributed by atoms with van der Waals surface area (Å²) >= 11 is 8.17. The molecule has 0 saturated carbocycles. The van der Waals surface area contributed by atoms with E-state index in [0.717, 1.165) is 79.6 Å². The zero-order chi connectivity index (χ0) is 25.5. The molecule has 0 radical (unpaired) electrons. The number of H-pyrrole nitrogens is 1. The molecule has 2 saturated heterocycles. The summed E-state index contributed by atoms with van der Waals surface area (Å²) in [6, 6.07) is 2.10. The number of aromatic nitrogens is 6. The molecule has 11 nitrogen and oxygen atoms in total. The highest BCUT2D eigenvalue weighted by Gasteiger charge is 2.26. The summed E-state index contributed by atoms with van der Waals surface area (Å²) in [6.07, 6.45) is 3.46. The van der Waals surface area contributed by atoms with E-state index in [4.69, 9.17) is 38.0 Å². The first-order chi connectivity index (χ1) is 18.0. The number of hydrogen-bond donors (Lipinski definition) is 4. The fourth-order valence-electron chi connectivity index (χ4n) is 4.94. The number of fused-ring (bicyclic) bond motifs is 2. The molecule has 2 fully saturated rings. The molecular formula is C24H30ClN11S. The van der Waals surface area contributed by atoms with E-state index < -0.39 is 0 Å². The molecule has 0 spiro atoms. The van der Waals surface area contributed by atoms with Crippen molar-refractivity contribution in [3.63, 3.8) is 0 Å². The van der Waals surface area contributed by atoms with Crippen molar-refractivity contribution in [1.82, 2.24) is 40.1 Å². The van der Waals surface area contributed by atoms with E-state index >= 15 is 0 Å². The molecular weight excluding hydrogens is 510 g/mol. The van der Waals surface area contributed by atoms with Crippen molar-refractivity contribution in [2.75, 3.05) is 49.9 Å². The van der Waals surface area contributed by atoms with E-state index in [1.54, 1.807) is 6.20 Å². The number of aryl methyl sites for hydroxylation is 1. The van der Waals surface area contributed by atoms with E-state index in [2.05, 4.69) is 37.0 Å². The van der Waals surface area contributed by atoms with Crippen molar-refractivity contribution in [2.24, 2.45) is 5.73 Å². The van der Waals surface area contributed by atoms with Gasteiger partial charge in [0.25, 0.3) is 0 Å². The molecule has 0 aromatic carbocycles. The number of hydrogen-bond acceptors (Lipinski definition) is 11. The van der Waals surface area contributed by atoms with Crippen LogP contribution in [0.25, 0.3) is 22.1 Å². The molecule has 194 valence electrons. The van der Waals surface area contributed by atoms with Crippen LogP contribution in [0.5, 0.6) is 0 Å². The summed E-state index contributed by atoms with van der Waals surface area (Å²) in [7, 11) is 0. The minimum atomic E-state index is 0.120. The lowest BCUT2D eigenvalue weighted by Gasteiger charge is -2.26. The number of nitrogens with two attached hydrogens (primary N) is 2. The largest absolute Gasteiger partial charge is 0.382 e. The van der Waals surface area contributed by atoms with E-state index in [1.807, 2.05) is 6.07 Å². The maximum Gasteiger partial charge on any atom is 0.196 e. The first kappa shape index (κ1) is 24.6. The van der Waals surface area contributed by atoms with Gasteiger partial charge in [-0.1, -0.05) is 18.5 Å². The van der Waals surface area contributed by atoms with Crippen LogP contribution < -0.4 is 21.7 Å². The van der Waals surface area contributed by atoms with Gasteiger partial charge in [-0.15, -0.1) is 0 Å². The summed E-state index contributed by atoms with van der Waals surface area (Å²) in [5.41, 5.74) is 15.4. The normalized spacial score (nSPS) is 18.9. The van der Waals surface area contributed by atoms with Crippen molar-refractivity contribution in [3.8, 4) is 0 Å². The molecule has 2 aliphatic heterocycles. The molecule has 6 heterocycles. The van der Waals surface area contributed by atoms with Crippen LogP contribution in [0.4, 0.5) is 11.6 Å². The monoisotopic (exact) mass is 539 g/mol. The lowest BCUT2D eigenvalue weighted by atomic mass is 10.3. The second-order valence-electron chi connectivity index (χ2n) is 9.51. The molecule has 13 heteroatoms. The Balaban J connectivity index is 1.34. The molecule has 6 rings (SSSR count).